The molecule has 0 fully saturated rings. The van der Waals surface area contributed by atoms with Gasteiger partial charge >= 0.3 is 12.0 Å². The van der Waals surface area contributed by atoms with Gasteiger partial charge < -0.3 is 24.8 Å². The second-order valence-electron chi connectivity index (χ2n) is 6.70. The Balaban J connectivity index is 2.45. The molecule has 10 nitrogen and oxygen atoms in total. The van der Waals surface area contributed by atoms with Crippen LogP contribution < -0.4 is 25.4 Å². The Hall–Kier alpha value is -3.30. The molecule has 1 rings (SSSR count). The molecule has 154 valence electrons. The molecular formula is C18H25N3O7. The molecular weight excluding hydrogens is 370 g/mol. The van der Waals surface area contributed by atoms with Crippen LogP contribution in [-0.2, 0) is 14.3 Å². The number of imide groups is 1. The highest BCUT2D eigenvalue weighted by molar-refractivity contribution is 5.97. The molecule has 10 heteroatoms. The van der Waals surface area contributed by atoms with Gasteiger partial charge in [-0.25, -0.2) is 4.79 Å². The number of hydrogen-bond acceptors (Lipinski definition) is 7. The van der Waals surface area contributed by atoms with Crippen LogP contribution in [0.3, 0.4) is 0 Å². The number of esters is 1. The summed E-state index contributed by atoms with van der Waals surface area (Å²) >= 11 is 0. The van der Waals surface area contributed by atoms with Crippen LogP contribution in [-0.4, -0.2) is 56.7 Å². The van der Waals surface area contributed by atoms with Crippen molar-refractivity contribution in [1.29, 1.82) is 0 Å². The average Bonchev–Trinajstić information content (AvgIpc) is 2.62. The fourth-order valence-corrected chi connectivity index (χ4v) is 1.92. The van der Waals surface area contributed by atoms with Crippen molar-refractivity contribution in [2.45, 2.75) is 26.3 Å². The van der Waals surface area contributed by atoms with E-state index >= 15 is 0 Å². The van der Waals surface area contributed by atoms with Crippen LogP contribution in [0.4, 0.5) is 4.79 Å². The number of methoxy groups -OCH3 is 2. The van der Waals surface area contributed by atoms with Crippen molar-refractivity contribution in [3.8, 4) is 11.5 Å². The van der Waals surface area contributed by atoms with Crippen molar-refractivity contribution in [3.63, 3.8) is 0 Å². The first kappa shape index (κ1) is 22.7. The minimum Gasteiger partial charge on any atom is -0.497 e. The van der Waals surface area contributed by atoms with Crippen LogP contribution in [0.15, 0.2) is 18.2 Å². The van der Waals surface area contributed by atoms with Gasteiger partial charge in [0, 0.05) is 17.2 Å². The van der Waals surface area contributed by atoms with E-state index in [0.717, 1.165) is 0 Å². The lowest BCUT2D eigenvalue weighted by Gasteiger charge is -2.20. The molecule has 0 aliphatic heterocycles. The quantitative estimate of drug-likeness (QED) is 0.576. The van der Waals surface area contributed by atoms with E-state index in [-0.39, 0.29) is 5.56 Å². The number of benzene rings is 1. The molecule has 0 saturated carbocycles. The second-order valence-corrected chi connectivity index (χ2v) is 6.70. The van der Waals surface area contributed by atoms with Crippen molar-refractivity contribution in [2.24, 2.45) is 0 Å². The average molecular weight is 395 g/mol. The van der Waals surface area contributed by atoms with Gasteiger partial charge in [0.25, 0.3) is 11.8 Å². The Labute approximate surface area is 162 Å². The molecule has 0 atom stereocenters. The summed E-state index contributed by atoms with van der Waals surface area (Å²) in [5.41, 5.74) is -0.297. The normalized spacial score (nSPS) is 10.5. The number of carbonyl (C=O) groups excluding carboxylic acids is 4. The van der Waals surface area contributed by atoms with Gasteiger partial charge in [-0.05, 0) is 32.9 Å². The molecule has 1 aromatic carbocycles. The predicted octanol–water partition coefficient (Wildman–Crippen LogP) is 0.601. The fraction of sp³-hybridized carbons (Fsp3) is 0.444. The first-order valence-corrected chi connectivity index (χ1v) is 8.33. The van der Waals surface area contributed by atoms with Crippen molar-refractivity contribution < 1.29 is 33.4 Å². The van der Waals surface area contributed by atoms with E-state index in [1.165, 1.54) is 26.4 Å². The van der Waals surface area contributed by atoms with Crippen LogP contribution in [0.25, 0.3) is 0 Å². The molecule has 1 aromatic rings. The van der Waals surface area contributed by atoms with E-state index in [9.17, 15) is 19.2 Å². The van der Waals surface area contributed by atoms with Crippen LogP contribution in [0, 0.1) is 0 Å². The minimum absolute atomic E-state index is 0.223. The highest BCUT2D eigenvalue weighted by atomic mass is 16.5. The summed E-state index contributed by atoms with van der Waals surface area (Å²) in [6.07, 6.45) is 0. The molecule has 0 spiro atoms. The van der Waals surface area contributed by atoms with E-state index in [1.54, 1.807) is 26.8 Å². The lowest BCUT2D eigenvalue weighted by atomic mass is 10.1. The summed E-state index contributed by atoms with van der Waals surface area (Å²) in [6.45, 7) is 4.13. The van der Waals surface area contributed by atoms with Gasteiger partial charge in [-0.2, -0.15) is 0 Å². The molecule has 3 N–H and O–H groups in total. The first-order chi connectivity index (χ1) is 13.0. The number of amides is 4. The SMILES string of the molecule is COc1cc(OC)cc(C(=O)NCC(=O)OCC(=O)NC(=O)NC(C)(C)C)c1. The molecule has 0 heterocycles. The number of ether oxygens (including phenoxy) is 3. The smallest absolute Gasteiger partial charge is 0.325 e. The highest BCUT2D eigenvalue weighted by Gasteiger charge is 2.17. The van der Waals surface area contributed by atoms with Gasteiger partial charge in [0.2, 0.25) is 0 Å². The van der Waals surface area contributed by atoms with E-state index in [1.807, 2.05) is 5.32 Å². The molecule has 0 unspecified atom stereocenters. The van der Waals surface area contributed by atoms with Gasteiger partial charge in [-0.1, -0.05) is 0 Å². The number of rotatable bonds is 7. The standard InChI is InChI=1S/C18H25N3O7/c1-18(2,3)21-17(25)20-14(22)10-28-15(23)9-19-16(24)11-6-12(26-4)8-13(7-11)27-5/h6-8H,9-10H2,1-5H3,(H,19,24)(H2,20,21,22,25). The molecule has 0 aromatic heterocycles. The van der Waals surface area contributed by atoms with Gasteiger partial charge in [0.15, 0.2) is 6.61 Å². The van der Waals surface area contributed by atoms with Crippen molar-refractivity contribution in [3.05, 3.63) is 23.8 Å². The topological polar surface area (TPSA) is 132 Å². The Morgan fingerprint density at radius 1 is 0.964 bits per heavy atom. The molecule has 0 saturated heterocycles. The third kappa shape index (κ3) is 8.39. The molecule has 28 heavy (non-hydrogen) atoms. The predicted molar refractivity (Wildman–Crippen MR) is 99.3 cm³/mol. The summed E-state index contributed by atoms with van der Waals surface area (Å²) in [6, 6.07) is 3.85. The zero-order chi connectivity index (χ0) is 21.3. The van der Waals surface area contributed by atoms with E-state index in [0.29, 0.717) is 11.5 Å². The van der Waals surface area contributed by atoms with E-state index < -0.39 is 42.5 Å². The Kier molecular flexibility index (Phi) is 8.24. The summed E-state index contributed by atoms with van der Waals surface area (Å²) < 4.78 is 14.9. The van der Waals surface area contributed by atoms with Crippen molar-refractivity contribution in [2.75, 3.05) is 27.4 Å². The summed E-state index contributed by atoms with van der Waals surface area (Å²) in [7, 11) is 2.89. The maximum Gasteiger partial charge on any atom is 0.325 e. The largest absolute Gasteiger partial charge is 0.497 e. The monoisotopic (exact) mass is 395 g/mol. The van der Waals surface area contributed by atoms with Gasteiger partial charge in [0.05, 0.1) is 14.2 Å². The van der Waals surface area contributed by atoms with Crippen LogP contribution in [0.1, 0.15) is 31.1 Å². The summed E-state index contributed by atoms with van der Waals surface area (Å²) in [5.74, 6) is -1.36. The first-order valence-electron chi connectivity index (χ1n) is 8.33. The Bertz CT molecular complexity index is 719. The van der Waals surface area contributed by atoms with Crippen LogP contribution >= 0.6 is 0 Å². The van der Waals surface area contributed by atoms with Crippen LogP contribution in [0.2, 0.25) is 0 Å². The zero-order valence-corrected chi connectivity index (χ0v) is 16.5. The minimum atomic E-state index is -0.838. The lowest BCUT2D eigenvalue weighted by molar-refractivity contribution is -0.147. The van der Waals surface area contributed by atoms with Crippen molar-refractivity contribution in [1.82, 2.24) is 16.0 Å². The maximum absolute atomic E-state index is 12.1. The number of hydrogen-bond donors (Lipinski definition) is 3. The van der Waals surface area contributed by atoms with E-state index in [2.05, 4.69) is 10.6 Å². The van der Waals surface area contributed by atoms with Gasteiger partial charge in [-0.3, -0.25) is 19.7 Å². The molecule has 0 bridgehead atoms. The third-order valence-electron chi connectivity index (χ3n) is 3.11. The van der Waals surface area contributed by atoms with Gasteiger partial charge in [0.1, 0.15) is 18.0 Å². The van der Waals surface area contributed by atoms with Crippen LogP contribution in [0.5, 0.6) is 11.5 Å². The molecule has 0 aliphatic rings. The molecule has 4 amide bonds. The molecule has 0 radical (unpaired) electrons. The Morgan fingerprint density at radius 2 is 1.54 bits per heavy atom. The lowest BCUT2D eigenvalue weighted by Crippen LogP contribution is -2.49. The maximum atomic E-state index is 12.1. The number of carbonyl (C=O) groups is 4. The zero-order valence-electron chi connectivity index (χ0n) is 16.5. The van der Waals surface area contributed by atoms with E-state index in [4.69, 9.17) is 14.2 Å². The third-order valence-corrected chi connectivity index (χ3v) is 3.11. The van der Waals surface area contributed by atoms with Gasteiger partial charge in [-0.15, -0.1) is 0 Å². The van der Waals surface area contributed by atoms with Crippen molar-refractivity contribution >= 4 is 23.8 Å². The fourth-order valence-electron chi connectivity index (χ4n) is 1.92. The highest BCUT2D eigenvalue weighted by Crippen LogP contribution is 2.22. The Morgan fingerprint density at radius 3 is 2.04 bits per heavy atom. The second kappa shape index (κ2) is 10.1. The number of urea groups is 1. The molecule has 0 aliphatic carbocycles. The summed E-state index contributed by atoms with van der Waals surface area (Å²) in [4.78, 5) is 46.9. The summed E-state index contributed by atoms with van der Waals surface area (Å²) in [5, 5.41) is 6.91. The number of nitrogens with one attached hydrogen (secondary N) is 3.